The van der Waals surface area contributed by atoms with Crippen LogP contribution in [0.15, 0.2) is 60.2 Å². The highest BCUT2D eigenvalue weighted by atomic mass is 79.9. The summed E-state index contributed by atoms with van der Waals surface area (Å²) in [5, 5.41) is 32.7. The highest BCUT2D eigenvalue weighted by Crippen LogP contribution is 2.43. The molecule has 11 atom stereocenters. The Labute approximate surface area is 475 Å². The lowest BCUT2D eigenvalue weighted by Gasteiger charge is -2.39. The predicted octanol–water partition coefficient (Wildman–Crippen LogP) is 3.77. The Balaban J connectivity index is 1.29. The molecule has 3 heterocycles. The van der Waals surface area contributed by atoms with Gasteiger partial charge in [0, 0.05) is 44.6 Å². The molecule has 1 spiro atoms. The number of anilines is 1. The third-order valence-electron chi connectivity index (χ3n) is 13.8. The van der Waals surface area contributed by atoms with E-state index in [1.54, 1.807) is 26.8 Å². The Morgan fingerprint density at radius 2 is 1.61 bits per heavy atom. The molecule has 1 aromatic carbocycles. The number of primary amides is 1. The van der Waals surface area contributed by atoms with Gasteiger partial charge in [0.2, 0.25) is 23.6 Å². The molecule has 4 rings (SSSR count). The molecule has 0 unspecified atom stereocenters. The zero-order valence-electron chi connectivity index (χ0n) is 46.7. The summed E-state index contributed by atoms with van der Waals surface area (Å²) in [5.41, 5.74) is 10.3. The number of epoxide rings is 1. The molecule has 10 N–H and O–H groups in total. The first-order valence-corrected chi connectivity index (χ1v) is 28.2. The number of ether oxygens (including phenoxy) is 5. The Hall–Kier alpha value is -6.41. The number of hydrogen-bond donors (Lipinski definition) is 9. The van der Waals surface area contributed by atoms with E-state index in [2.05, 4.69) is 55.0 Å². The highest BCUT2D eigenvalue weighted by Gasteiger charge is 2.58. The molecule has 3 saturated heterocycles. The third kappa shape index (κ3) is 22.3. The normalized spacial score (nSPS) is 23.8. The molecule has 0 radical (unpaired) electrons. The molecule has 1 aromatic rings. The molecule has 80 heavy (non-hydrogen) atoms. The molecular formula is C55H81BrN8O16. The summed E-state index contributed by atoms with van der Waals surface area (Å²) >= 11 is 3.09. The van der Waals surface area contributed by atoms with Gasteiger partial charge in [-0.25, -0.2) is 19.8 Å². The fourth-order valence-electron chi connectivity index (χ4n) is 9.31. The van der Waals surface area contributed by atoms with Crippen molar-refractivity contribution in [2.24, 2.45) is 17.6 Å². The molecule has 444 valence electrons. The lowest BCUT2D eigenvalue weighted by molar-refractivity contribution is -0.146. The summed E-state index contributed by atoms with van der Waals surface area (Å²) in [6.45, 7) is 12.8. The van der Waals surface area contributed by atoms with Crippen LogP contribution in [0, 0.1) is 11.8 Å². The number of carbonyl (C=O) groups excluding carboxylic acids is 8. The first-order valence-electron chi connectivity index (χ1n) is 27.1. The van der Waals surface area contributed by atoms with Gasteiger partial charge in [-0.3, -0.25) is 39.1 Å². The Bertz CT molecular complexity index is 2380. The number of esters is 1. The number of nitrogens with zero attached hydrogens (tertiary/aromatic N) is 1. The van der Waals surface area contributed by atoms with Gasteiger partial charge in [0.25, 0.3) is 5.91 Å². The molecule has 3 aliphatic rings. The quantitative estimate of drug-likeness (QED) is 0.0105. The van der Waals surface area contributed by atoms with E-state index in [0.29, 0.717) is 44.2 Å². The molecule has 0 bridgehead atoms. The smallest absolute Gasteiger partial charge is 0.426 e. The van der Waals surface area contributed by atoms with E-state index in [1.165, 1.54) is 43.3 Å². The summed E-state index contributed by atoms with van der Waals surface area (Å²) < 4.78 is 28.5. The summed E-state index contributed by atoms with van der Waals surface area (Å²) in [4.78, 5) is 114. The van der Waals surface area contributed by atoms with Crippen LogP contribution in [0.5, 0.6) is 0 Å². The van der Waals surface area contributed by atoms with E-state index in [1.807, 2.05) is 26.0 Å². The molecule has 3 fully saturated rings. The number of allylic oxidation sites excluding steroid dienone is 2. The van der Waals surface area contributed by atoms with Crippen LogP contribution in [0.25, 0.3) is 0 Å². The molecular weight excluding hydrogens is 1110 g/mol. The zero-order valence-corrected chi connectivity index (χ0v) is 48.3. The van der Waals surface area contributed by atoms with E-state index < -0.39 is 89.8 Å². The van der Waals surface area contributed by atoms with Crippen molar-refractivity contribution < 1.29 is 77.0 Å². The molecule has 8 amide bonds. The van der Waals surface area contributed by atoms with Crippen molar-refractivity contribution in [2.45, 2.75) is 180 Å². The number of hydrazine groups is 1. The highest BCUT2D eigenvalue weighted by molar-refractivity contribution is 9.09. The van der Waals surface area contributed by atoms with Crippen molar-refractivity contribution >= 4 is 75.2 Å². The zero-order chi connectivity index (χ0) is 59.1. The molecule has 24 nitrogen and oxygen atoms in total. The van der Waals surface area contributed by atoms with E-state index in [9.17, 15) is 53.4 Å². The van der Waals surface area contributed by atoms with Gasteiger partial charge < -0.3 is 60.9 Å². The molecule has 0 aliphatic carbocycles. The van der Waals surface area contributed by atoms with Gasteiger partial charge in [0.05, 0.1) is 42.7 Å². The number of nitrogens with two attached hydrogens (primary N) is 1. The first kappa shape index (κ1) is 66.1. The van der Waals surface area contributed by atoms with Crippen LogP contribution in [-0.4, -0.2) is 149 Å². The number of benzene rings is 1. The minimum absolute atomic E-state index is 0.0453. The van der Waals surface area contributed by atoms with Gasteiger partial charge in [-0.15, -0.1) is 0 Å². The van der Waals surface area contributed by atoms with Crippen molar-refractivity contribution in [3.63, 3.8) is 0 Å². The van der Waals surface area contributed by atoms with Gasteiger partial charge in [0.15, 0.2) is 0 Å². The minimum Gasteiger partial charge on any atom is -0.480 e. The largest absolute Gasteiger partial charge is 0.480 e. The average molecular weight is 1190 g/mol. The molecule has 0 saturated carbocycles. The van der Waals surface area contributed by atoms with Crippen LogP contribution in [0.1, 0.15) is 118 Å². The van der Waals surface area contributed by atoms with Crippen molar-refractivity contribution in [2.75, 3.05) is 29.9 Å². The van der Waals surface area contributed by atoms with Crippen molar-refractivity contribution in [3.8, 4) is 0 Å². The van der Waals surface area contributed by atoms with Crippen molar-refractivity contribution in [3.05, 3.63) is 65.8 Å². The number of hydrogen-bond acceptors (Lipinski definition) is 15. The van der Waals surface area contributed by atoms with Gasteiger partial charge in [0.1, 0.15) is 42.6 Å². The number of carboxylic acids is 1. The number of aliphatic carboxylic acids is 1. The van der Waals surface area contributed by atoms with Crippen LogP contribution < -0.4 is 42.8 Å². The van der Waals surface area contributed by atoms with E-state index in [0.717, 1.165) is 10.5 Å². The number of nitrogens with one attached hydrogen (secondary N) is 6. The lowest BCUT2D eigenvalue weighted by Crippen LogP contribution is -2.56. The summed E-state index contributed by atoms with van der Waals surface area (Å²) in [5.74, 6) is -4.24. The SMILES string of the molecule is CC(=O)O[C@@H](C)/C=C\C(=O)N[C@@H]1C[C@H](C)[C@H](C/C=C(C)/C=C/[C@H]2O[C@H](CC(=O)NNC(=O)OCc3ccc(N(C(=O)[C@H](NC(=O)CCCCCNC(=O)CBr)C(C)C)[C@@H](CCCNC(N)=O)C(=O)O)cc3)C[C@@]3(CO3)[C@@H]2O)O[C@@H]1C. The van der Waals surface area contributed by atoms with E-state index >= 15 is 0 Å². The van der Waals surface area contributed by atoms with Crippen molar-refractivity contribution in [1.82, 2.24) is 32.1 Å². The molecule has 3 aliphatic heterocycles. The predicted molar refractivity (Wildman–Crippen MR) is 296 cm³/mol. The molecule has 0 aromatic heterocycles. The second-order valence-electron chi connectivity index (χ2n) is 20.8. The summed E-state index contributed by atoms with van der Waals surface area (Å²) in [6.07, 6.45) is 7.34. The Kier molecular flexibility index (Phi) is 27.1. The van der Waals surface area contributed by atoms with E-state index in [4.69, 9.17) is 29.4 Å². The fourth-order valence-corrected chi connectivity index (χ4v) is 9.50. The number of aliphatic hydroxyl groups is 1. The van der Waals surface area contributed by atoms with Gasteiger partial charge in [-0.05, 0) is 94.9 Å². The van der Waals surface area contributed by atoms with Crippen LogP contribution >= 0.6 is 15.9 Å². The van der Waals surface area contributed by atoms with Gasteiger partial charge >= 0.3 is 24.1 Å². The van der Waals surface area contributed by atoms with Crippen LogP contribution in [0.4, 0.5) is 15.3 Å². The fraction of sp³-hybridized carbons (Fsp3) is 0.618. The monoisotopic (exact) mass is 1190 g/mol. The number of amides is 8. The van der Waals surface area contributed by atoms with E-state index in [-0.39, 0.29) is 98.9 Å². The van der Waals surface area contributed by atoms with Crippen LogP contribution in [-0.2, 0) is 63.9 Å². The second-order valence-corrected chi connectivity index (χ2v) is 21.4. The van der Waals surface area contributed by atoms with Crippen LogP contribution in [0.2, 0.25) is 0 Å². The number of rotatable bonds is 29. The standard InChI is InChI=1S/C55H81BrN8O16/c1-32(2)49(61-45(66)13-9-8-10-24-58-48(69)29-56)51(71)64(42(52(72)73)12-11-25-59-53(57)74)39-19-17-38(18-20-39)30-76-54(75)63-62-47(68)27-40-28-55(31-77-55)50(70)44(80-40)22-15-33(3)14-21-43-34(4)26-41(36(6)79-43)60-46(67)23-16-35(5)78-37(7)65/h14-20,22-23,32,34-36,40-44,49-50,70H,8-13,21,24-31H2,1-7H3,(H,58,69)(H,60,67)(H,61,66)(H,62,68)(H,63,75)(H,72,73)(H3,57,59,74)/b22-15+,23-16-,33-14+/t34-,35-,36+,40+,41+,42-,43-,44+,49+,50+,55+/m0/s1. The third-order valence-corrected chi connectivity index (χ3v) is 14.3. The Morgan fingerprint density at radius 3 is 2.25 bits per heavy atom. The summed E-state index contributed by atoms with van der Waals surface area (Å²) in [7, 11) is 0. The molecule has 25 heteroatoms. The van der Waals surface area contributed by atoms with Crippen LogP contribution in [0.3, 0.4) is 0 Å². The average Bonchev–Trinajstić information content (AvgIpc) is 4.22. The number of halogens is 1. The maximum atomic E-state index is 14.4. The van der Waals surface area contributed by atoms with Gasteiger partial charge in [-0.2, -0.15) is 0 Å². The number of unbranched alkanes of at least 4 members (excludes halogenated alkanes) is 2. The number of urea groups is 1. The minimum atomic E-state index is -1.43. The Morgan fingerprint density at radius 1 is 0.912 bits per heavy atom. The number of aliphatic hydroxyl groups excluding tert-OH is 1. The maximum absolute atomic E-state index is 14.4. The lowest BCUT2D eigenvalue weighted by atomic mass is 9.87. The topological polar surface area (TPSA) is 345 Å². The maximum Gasteiger partial charge on any atom is 0.426 e. The number of carboxylic acid groups (broad SMARTS) is 1. The number of carbonyl (C=O) groups is 9. The first-order chi connectivity index (χ1) is 37.9. The number of alkyl halides is 1. The summed E-state index contributed by atoms with van der Waals surface area (Å²) in [6, 6.07) is 2.46. The van der Waals surface area contributed by atoms with Gasteiger partial charge in [-0.1, -0.05) is 79.1 Å². The second kappa shape index (κ2) is 32.7. The van der Waals surface area contributed by atoms with Crippen molar-refractivity contribution in [1.29, 1.82) is 0 Å².